The SMILES string of the molecule is COc1ccc(OCc2nnc3n2CCOC3)cc1F. The molecule has 0 radical (unpaired) electrons. The summed E-state index contributed by atoms with van der Waals surface area (Å²) in [5.74, 6) is 1.65. The maximum atomic E-state index is 13.5. The average molecular weight is 279 g/mol. The number of nitrogens with zero attached hydrogens (tertiary/aromatic N) is 3. The van der Waals surface area contributed by atoms with Gasteiger partial charge in [-0.05, 0) is 12.1 Å². The van der Waals surface area contributed by atoms with Gasteiger partial charge < -0.3 is 18.8 Å². The van der Waals surface area contributed by atoms with Crippen molar-refractivity contribution in [2.75, 3.05) is 13.7 Å². The highest BCUT2D eigenvalue weighted by molar-refractivity contribution is 5.33. The lowest BCUT2D eigenvalue weighted by molar-refractivity contribution is 0.0794. The number of fused-ring (bicyclic) bond motifs is 1. The van der Waals surface area contributed by atoms with Gasteiger partial charge in [-0.15, -0.1) is 10.2 Å². The van der Waals surface area contributed by atoms with Crippen molar-refractivity contribution < 1.29 is 18.6 Å². The number of ether oxygens (including phenoxy) is 3. The Morgan fingerprint density at radius 3 is 3.10 bits per heavy atom. The molecule has 0 unspecified atom stereocenters. The van der Waals surface area contributed by atoms with Crippen molar-refractivity contribution in [1.82, 2.24) is 14.8 Å². The van der Waals surface area contributed by atoms with E-state index < -0.39 is 5.82 Å². The first-order valence-corrected chi connectivity index (χ1v) is 6.23. The molecule has 1 aromatic carbocycles. The molecule has 0 fully saturated rings. The first-order valence-electron chi connectivity index (χ1n) is 6.23. The van der Waals surface area contributed by atoms with Crippen molar-refractivity contribution in [3.63, 3.8) is 0 Å². The number of rotatable bonds is 4. The molecule has 1 aromatic heterocycles. The van der Waals surface area contributed by atoms with Crippen molar-refractivity contribution in [1.29, 1.82) is 0 Å². The molecule has 0 atom stereocenters. The van der Waals surface area contributed by atoms with E-state index in [1.807, 2.05) is 4.57 Å². The Hall–Kier alpha value is -2.15. The lowest BCUT2D eigenvalue weighted by atomic mass is 10.3. The van der Waals surface area contributed by atoms with Crippen LogP contribution in [-0.4, -0.2) is 28.5 Å². The summed E-state index contributed by atoms with van der Waals surface area (Å²) in [5.41, 5.74) is 0. The van der Waals surface area contributed by atoms with Gasteiger partial charge in [0, 0.05) is 12.6 Å². The van der Waals surface area contributed by atoms with E-state index >= 15 is 0 Å². The van der Waals surface area contributed by atoms with Crippen LogP contribution < -0.4 is 9.47 Å². The van der Waals surface area contributed by atoms with E-state index in [4.69, 9.17) is 14.2 Å². The minimum atomic E-state index is -0.457. The maximum Gasteiger partial charge on any atom is 0.171 e. The second-order valence-electron chi connectivity index (χ2n) is 4.32. The summed E-state index contributed by atoms with van der Waals surface area (Å²) in [6, 6.07) is 4.46. The number of hydrogen-bond acceptors (Lipinski definition) is 5. The highest BCUT2D eigenvalue weighted by atomic mass is 19.1. The Morgan fingerprint density at radius 1 is 1.40 bits per heavy atom. The minimum absolute atomic E-state index is 0.189. The normalized spacial score (nSPS) is 13.9. The molecule has 1 aliphatic rings. The van der Waals surface area contributed by atoms with Crippen molar-refractivity contribution in [3.05, 3.63) is 35.7 Å². The summed E-state index contributed by atoms with van der Waals surface area (Å²) in [4.78, 5) is 0. The van der Waals surface area contributed by atoms with Gasteiger partial charge in [0.15, 0.2) is 23.2 Å². The molecule has 2 heterocycles. The molecule has 6 nitrogen and oxygen atoms in total. The minimum Gasteiger partial charge on any atom is -0.494 e. The zero-order valence-corrected chi connectivity index (χ0v) is 11.0. The zero-order chi connectivity index (χ0) is 13.9. The van der Waals surface area contributed by atoms with E-state index in [-0.39, 0.29) is 12.4 Å². The van der Waals surface area contributed by atoms with E-state index in [2.05, 4.69) is 10.2 Å². The molecule has 0 N–H and O–H groups in total. The molecule has 0 spiro atoms. The summed E-state index contributed by atoms with van der Waals surface area (Å²) < 4.78 is 31.2. The highest BCUT2D eigenvalue weighted by Gasteiger charge is 2.16. The zero-order valence-electron chi connectivity index (χ0n) is 11.0. The van der Waals surface area contributed by atoms with Crippen LogP contribution in [0.2, 0.25) is 0 Å². The number of hydrogen-bond donors (Lipinski definition) is 0. The third-order valence-corrected chi connectivity index (χ3v) is 3.09. The summed E-state index contributed by atoms with van der Waals surface area (Å²) in [6.07, 6.45) is 0. The topological polar surface area (TPSA) is 58.4 Å². The Bertz CT molecular complexity index is 615. The molecule has 0 amide bonds. The summed E-state index contributed by atoms with van der Waals surface area (Å²) >= 11 is 0. The predicted molar refractivity (Wildman–Crippen MR) is 67.0 cm³/mol. The van der Waals surface area contributed by atoms with Crippen LogP contribution in [0.4, 0.5) is 4.39 Å². The van der Waals surface area contributed by atoms with Gasteiger partial charge in [0.05, 0.1) is 13.7 Å². The molecular weight excluding hydrogens is 265 g/mol. The van der Waals surface area contributed by atoms with Crippen molar-refractivity contribution in [3.8, 4) is 11.5 Å². The second-order valence-corrected chi connectivity index (χ2v) is 4.32. The van der Waals surface area contributed by atoms with Gasteiger partial charge >= 0.3 is 0 Å². The Morgan fingerprint density at radius 2 is 2.30 bits per heavy atom. The van der Waals surface area contributed by atoms with Gasteiger partial charge in [0.25, 0.3) is 0 Å². The van der Waals surface area contributed by atoms with E-state index in [0.717, 1.165) is 5.82 Å². The van der Waals surface area contributed by atoms with Crippen molar-refractivity contribution >= 4 is 0 Å². The van der Waals surface area contributed by atoms with Crippen LogP contribution in [0.1, 0.15) is 11.6 Å². The molecule has 20 heavy (non-hydrogen) atoms. The fraction of sp³-hybridized carbons (Fsp3) is 0.385. The highest BCUT2D eigenvalue weighted by Crippen LogP contribution is 2.23. The summed E-state index contributed by atoms with van der Waals surface area (Å²) in [7, 11) is 1.42. The Labute approximate surface area is 115 Å². The Balaban J connectivity index is 1.70. The molecular formula is C13H14FN3O3. The fourth-order valence-electron chi connectivity index (χ4n) is 2.05. The van der Waals surface area contributed by atoms with Gasteiger partial charge in [-0.25, -0.2) is 4.39 Å². The number of halogens is 1. The summed E-state index contributed by atoms with van der Waals surface area (Å²) in [6.45, 7) is 2.04. The molecule has 0 saturated carbocycles. The quantitative estimate of drug-likeness (QED) is 0.849. The lowest BCUT2D eigenvalue weighted by Gasteiger charge is -2.15. The van der Waals surface area contributed by atoms with Crippen molar-refractivity contribution in [2.45, 2.75) is 19.8 Å². The van der Waals surface area contributed by atoms with Crippen LogP contribution in [0.15, 0.2) is 18.2 Å². The largest absolute Gasteiger partial charge is 0.494 e. The van der Waals surface area contributed by atoms with Gasteiger partial charge in [0.1, 0.15) is 19.0 Å². The van der Waals surface area contributed by atoms with E-state index in [9.17, 15) is 4.39 Å². The van der Waals surface area contributed by atoms with Gasteiger partial charge in [0.2, 0.25) is 0 Å². The van der Waals surface area contributed by atoms with E-state index in [0.29, 0.717) is 31.3 Å². The third kappa shape index (κ3) is 2.44. The van der Waals surface area contributed by atoms with Crippen LogP contribution >= 0.6 is 0 Å². The molecule has 2 aromatic rings. The van der Waals surface area contributed by atoms with Crippen LogP contribution in [0, 0.1) is 5.82 Å². The van der Waals surface area contributed by atoms with Gasteiger partial charge in [-0.3, -0.25) is 0 Å². The average Bonchev–Trinajstić information content (AvgIpc) is 2.88. The fourth-order valence-corrected chi connectivity index (χ4v) is 2.05. The smallest absolute Gasteiger partial charge is 0.171 e. The van der Waals surface area contributed by atoms with Crippen LogP contribution in [0.5, 0.6) is 11.5 Å². The van der Waals surface area contributed by atoms with Crippen LogP contribution in [0.25, 0.3) is 0 Å². The van der Waals surface area contributed by atoms with Crippen LogP contribution in [-0.2, 0) is 24.5 Å². The number of benzene rings is 1. The molecule has 3 rings (SSSR count). The lowest BCUT2D eigenvalue weighted by Crippen LogP contribution is -2.19. The van der Waals surface area contributed by atoms with Crippen LogP contribution in [0.3, 0.4) is 0 Å². The first-order chi connectivity index (χ1) is 9.78. The first kappa shape index (κ1) is 12.9. The maximum absolute atomic E-state index is 13.5. The third-order valence-electron chi connectivity index (χ3n) is 3.09. The number of methoxy groups -OCH3 is 1. The van der Waals surface area contributed by atoms with Gasteiger partial charge in [-0.1, -0.05) is 0 Å². The molecule has 0 bridgehead atoms. The van der Waals surface area contributed by atoms with Gasteiger partial charge in [-0.2, -0.15) is 0 Å². The molecule has 106 valence electrons. The summed E-state index contributed by atoms with van der Waals surface area (Å²) in [5, 5.41) is 8.09. The predicted octanol–water partition coefficient (Wildman–Crippen LogP) is 1.54. The molecule has 1 aliphatic heterocycles. The second kappa shape index (κ2) is 5.46. The monoisotopic (exact) mass is 279 g/mol. The molecule has 0 aliphatic carbocycles. The van der Waals surface area contributed by atoms with E-state index in [1.165, 1.54) is 19.2 Å². The van der Waals surface area contributed by atoms with E-state index in [1.54, 1.807) is 6.07 Å². The Kier molecular flexibility index (Phi) is 3.51. The molecule has 7 heteroatoms. The standard InChI is InChI=1S/C13H14FN3O3/c1-18-11-3-2-9(6-10(11)14)20-8-13-16-15-12-7-19-5-4-17(12)13/h2-3,6H,4-5,7-8H2,1H3. The number of aromatic nitrogens is 3. The molecule has 0 saturated heterocycles. The van der Waals surface area contributed by atoms with Crippen molar-refractivity contribution in [2.24, 2.45) is 0 Å².